The van der Waals surface area contributed by atoms with E-state index in [2.05, 4.69) is 20.3 Å². The standard InChI is InChI=1S/C17H23N5O3/c1-11-15(7-18-16-2-4-19-22(11)16)17(24)20-12-6-13-10-25-14(3-5-23)9-21(13)8-12/h2,4,7,12-14,23H,3,5-6,8-10H2,1H3,(H,20,24)/t12-,13-,14-/m0/s1. The third kappa shape index (κ3) is 3.12. The van der Waals surface area contributed by atoms with E-state index in [1.165, 1.54) is 0 Å². The van der Waals surface area contributed by atoms with Gasteiger partial charge < -0.3 is 15.2 Å². The number of carbonyl (C=O) groups excluding carboxylic acids is 1. The maximum Gasteiger partial charge on any atom is 0.254 e. The highest BCUT2D eigenvalue weighted by Crippen LogP contribution is 2.24. The van der Waals surface area contributed by atoms with E-state index in [-0.39, 0.29) is 24.7 Å². The van der Waals surface area contributed by atoms with Crippen molar-refractivity contribution in [2.75, 3.05) is 26.3 Å². The highest BCUT2D eigenvalue weighted by Gasteiger charge is 2.37. The summed E-state index contributed by atoms with van der Waals surface area (Å²) in [5.41, 5.74) is 2.07. The summed E-state index contributed by atoms with van der Waals surface area (Å²) in [6.45, 7) is 4.32. The lowest BCUT2D eigenvalue weighted by Gasteiger charge is -2.34. The lowest BCUT2D eigenvalue weighted by Crippen LogP contribution is -2.46. The number of rotatable bonds is 4. The SMILES string of the molecule is Cc1c(C(=O)N[C@H]2C[C@H]3CO[C@@H](CCO)CN3C2)cnc2ccnn12. The summed E-state index contributed by atoms with van der Waals surface area (Å²) in [6.07, 6.45) is 4.92. The Hall–Kier alpha value is -2.03. The number of hydrogen-bond acceptors (Lipinski definition) is 6. The number of morpholine rings is 1. The van der Waals surface area contributed by atoms with Crippen LogP contribution in [0.25, 0.3) is 5.65 Å². The van der Waals surface area contributed by atoms with E-state index in [1.54, 1.807) is 16.9 Å². The van der Waals surface area contributed by atoms with Crippen LogP contribution in [0.15, 0.2) is 18.5 Å². The Morgan fingerprint density at radius 2 is 2.36 bits per heavy atom. The summed E-state index contributed by atoms with van der Waals surface area (Å²) < 4.78 is 7.47. The average Bonchev–Trinajstić information content (AvgIpc) is 3.21. The van der Waals surface area contributed by atoms with Crippen LogP contribution in [-0.2, 0) is 4.74 Å². The number of hydrogen-bond donors (Lipinski definition) is 2. The largest absolute Gasteiger partial charge is 0.396 e. The second-order valence-electron chi connectivity index (χ2n) is 6.84. The van der Waals surface area contributed by atoms with Gasteiger partial charge in [0.05, 0.1) is 30.2 Å². The first kappa shape index (κ1) is 16.4. The van der Waals surface area contributed by atoms with Gasteiger partial charge in [-0.05, 0) is 19.8 Å². The normalized spacial score (nSPS) is 26.7. The van der Waals surface area contributed by atoms with E-state index in [1.807, 2.05) is 13.0 Å². The number of nitrogens with one attached hydrogen (secondary N) is 1. The van der Waals surface area contributed by atoms with Gasteiger partial charge in [0.25, 0.3) is 5.91 Å². The van der Waals surface area contributed by atoms with Gasteiger partial charge in [0.2, 0.25) is 0 Å². The number of aliphatic hydroxyl groups excluding tert-OH is 1. The van der Waals surface area contributed by atoms with Crippen LogP contribution in [0.3, 0.4) is 0 Å². The topological polar surface area (TPSA) is 92.0 Å². The quantitative estimate of drug-likeness (QED) is 0.810. The number of aryl methyl sites for hydroxylation is 1. The molecule has 2 aliphatic heterocycles. The van der Waals surface area contributed by atoms with Gasteiger partial charge in [-0.2, -0.15) is 5.10 Å². The second-order valence-corrected chi connectivity index (χ2v) is 6.84. The lowest BCUT2D eigenvalue weighted by atomic mass is 10.1. The zero-order chi connectivity index (χ0) is 17.4. The Labute approximate surface area is 145 Å². The van der Waals surface area contributed by atoms with E-state index < -0.39 is 0 Å². The smallest absolute Gasteiger partial charge is 0.254 e. The first-order valence-corrected chi connectivity index (χ1v) is 8.72. The Bertz CT molecular complexity index is 777. The minimum atomic E-state index is -0.111. The van der Waals surface area contributed by atoms with Gasteiger partial charge in [0.15, 0.2) is 5.65 Å². The number of carbonyl (C=O) groups is 1. The third-order valence-electron chi connectivity index (χ3n) is 5.18. The molecule has 4 rings (SSSR count). The predicted octanol–water partition coefficient (Wildman–Crippen LogP) is -0.00838. The van der Waals surface area contributed by atoms with Crippen molar-refractivity contribution in [1.82, 2.24) is 24.8 Å². The van der Waals surface area contributed by atoms with Gasteiger partial charge in [-0.3, -0.25) is 9.69 Å². The van der Waals surface area contributed by atoms with Crippen molar-refractivity contribution in [3.05, 3.63) is 29.7 Å². The summed E-state index contributed by atoms with van der Waals surface area (Å²) in [4.78, 5) is 19.3. The fourth-order valence-corrected chi connectivity index (χ4v) is 3.84. The molecule has 0 saturated carbocycles. The number of aromatic nitrogens is 3. The molecule has 4 heterocycles. The maximum absolute atomic E-state index is 12.7. The van der Waals surface area contributed by atoms with Crippen molar-refractivity contribution < 1.29 is 14.6 Å². The molecular weight excluding hydrogens is 322 g/mol. The van der Waals surface area contributed by atoms with Crippen LogP contribution in [0.1, 0.15) is 28.9 Å². The van der Waals surface area contributed by atoms with Crippen LogP contribution < -0.4 is 5.32 Å². The molecule has 2 aliphatic rings. The van der Waals surface area contributed by atoms with Crippen molar-refractivity contribution >= 4 is 11.6 Å². The van der Waals surface area contributed by atoms with E-state index in [4.69, 9.17) is 9.84 Å². The third-order valence-corrected chi connectivity index (χ3v) is 5.18. The van der Waals surface area contributed by atoms with E-state index in [0.717, 1.165) is 30.9 Å². The molecule has 134 valence electrons. The van der Waals surface area contributed by atoms with Crippen LogP contribution >= 0.6 is 0 Å². The van der Waals surface area contributed by atoms with Gasteiger partial charge in [-0.15, -0.1) is 0 Å². The fraction of sp³-hybridized carbons (Fsp3) is 0.588. The van der Waals surface area contributed by atoms with Crippen molar-refractivity contribution in [3.63, 3.8) is 0 Å². The van der Waals surface area contributed by atoms with Crippen LogP contribution in [0.5, 0.6) is 0 Å². The molecule has 2 aromatic rings. The number of nitrogens with zero attached hydrogens (tertiary/aromatic N) is 4. The molecule has 2 aromatic heterocycles. The molecule has 0 bridgehead atoms. The van der Waals surface area contributed by atoms with Gasteiger partial charge in [0, 0.05) is 44.0 Å². The van der Waals surface area contributed by atoms with Gasteiger partial charge in [-0.1, -0.05) is 0 Å². The minimum Gasteiger partial charge on any atom is -0.396 e. The maximum atomic E-state index is 12.7. The van der Waals surface area contributed by atoms with Crippen LogP contribution in [-0.4, -0.2) is 75.0 Å². The first-order chi connectivity index (χ1) is 12.2. The Morgan fingerprint density at radius 1 is 1.48 bits per heavy atom. The van der Waals surface area contributed by atoms with Gasteiger partial charge >= 0.3 is 0 Å². The van der Waals surface area contributed by atoms with Crippen molar-refractivity contribution in [3.8, 4) is 0 Å². The summed E-state index contributed by atoms with van der Waals surface area (Å²) in [7, 11) is 0. The molecule has 0 radical (unpaired) electrons. The Morgan fingerprint density at radius 3 is 3.20 bits per heavy atom. The fourth-order valence-electron chi connectivity index (χ4n) is 3.84. The molecule has 0 aromatic carbocycles. The molecule has 2 saturated heterocycles. The Kier molecular flexibility index (Phi) is 4.41. The zero-order valence-corrected chi connectivity index (χ0v) is 14.3. The van der Waals surface area contributed by atoms with Crippen molar-refractivity contribution in [1.29, 1.82) is 0 Å². The molecule has 2 N–H and O–H groups in total. The van der Waals surface area contributed by atoms with E-state index in [9.17, 15) is 4.79 Å². The molecule has 2 fully saturated rings. The zero-order valence-electron chi connectivity index (χ0n) is 14.3. The highest BCUT2D eigenvalue weighted by molar-refractivity contribution is 5.95. The average molecular weight is 345 g/mol. The minimum absolute atomic E-state index is 0.0874. The lowest BCUT2D eigenvalue weighted by molar-refractivity contribution is -0.0566. The van der Waals surface area contributed by atoms with Crippen molar-refractivity contribution in [2.24, 2.45) is 0 Å². The van der Waals surface area contributed by atoms with Gasteiger partial charge in [0.1, 0.15) is 0 Å². The number of amides is 1. The summed E-state index contributed by atoms with van der Waals surface area (Å²) in [5.74, 6) is -0.111. The molecule has 8 nitrogen and oxygen atoms in total. The number of fused-ring (bicyclic) bond motifs is 2. The molecule has 25 heavy (non-hydrogen) atoms. The summed E-state index contributed by atoms with van der Waals surface area (Å²) >= 11 is 0. The number of aliphatic hydroxyl groups is 1. The molecular formula is C17H23N5O3. The second kappa shape index (κ2) is 6.70. The van der Waals surface area contributed by atoms with Crippen LogP contribution in [0.2, 0.25) is 0 Å². The van der Waals surface area contributed by atoms with Crippen LogP contribution in [0.4, 0.5) is 0 Å². The van der Waals surface area contributed by atoms with E-state index >= 15 is 0 Å². The van der Waals surface area contributed by atoms with Crippen LogP contribution in [0, 0.1) is 6.92 Å². The predicted molar refractivity (Wildman–Crippen MR) is 90.4 cm³/mol. The van der Waals surface area contributed by atoms with Gasteiger partial charge in [-0.25, -0.2) is 9.50 Å². The highest BCUT2D eigenvalue weighted by atomic mass is 16.5. The first-order valence-electron chi connectivity index (χ1n) is 8.72. The molecule has 0 unspecified atom stereocenters. The Balaban J connectivity index is 1.42. The molecule has 0 spiro atoms. The van der Waals surface area contributed by atoms with Crippen molar-refractivity contribution in [2.45, 2.75) is 38.0 Å². The molecule has 1 amide bonds. The van der Waals surface area contributed by atoms with E-state index in [0.29, 0.717) is 24.6 Å². The molecule has 3 atom stereocenters. The molecule has 8 heteroatoms. The monoisotopic (exact) mass is 345 g/mol. The summed E-state index contributed by atoms with van der Waals surface area (Å²) in [5, 5.41) is 16.4. The molecule has 0 aliphatic carbocycles. The summed E-state index contributed by atoms with van der Waals surface area (Å²) in [6, 6.07) is 2.25. The number of ether oxygens (including phenoxy) is 1.